The third kappa shape index (κ3) is 3.31. The zero-order chi connectivity index (χ0) is 14.8. The maximum Gasteiger partial charge on any atom is 0.235 e. The van der Waals surface area contributed by atoms with Gasteiger partial charge in [-0.15, -0.1) is 15.3 Å². The molecule has 0 aliphatic heterocycles. The molecule has 10 heteroatoms. The number of benzene rings is 1. The molecule has 3 aromatic rings. The Morgan fingerprint density at radius 2 is 2.38 bits per heavy atom. The van der Waals surface area contributed by atoms with Crippen molar-refractivity contribution in [2.24, 2.45) is 0 Å². The molecule has 0 atom stereocenters. The molecule has 0 fully saturated rings. The van der Waals surface area contributed by atoms with Gasteiger partial charge in [-0.2, -0.15) is 4.52 Å². The maximum atomic E-state index is 12.9. The van der Waals surface area contributed by atoms with Crippen LogP contribution in [0.25, 0.3) is 4.96 Å². The number of halogens is 2. The van der Waals surface area contributed by atoms with Crippen LogP contribution in [0.1, 0.15) is 0 Å². The van der Waals surface area contributed by atoms with Gasteiger partial charge in [-0.1, -0.05) is 34.7 Å². The molecule has 0 unspecified atom stereocenters. The highest BCUT2D eigenvalue weighted by Crippen LogP contribution is 2.25. The van der Waals surface area contributed by atoms with Gasteiger partial charge in [-0.3, -0.25) is 4.79 Å². The number of thioether (sulfide) groups is 1. The van der Waals surface area contributed by atoms with Gasteiger partial charge < -0.3 is 5.32 Å². The van der Waals surface area contributed by atoms with E-state index in [9.17, 15) is 9.18 Å². The highest BCUT2D eigenvalue weighted by molar-refractivity contribution is 8.01. The minimum Gasteiger partial charge on any atom is -0.324 e. The summed E-state index contributed by atoms with van der Waals surface area (Å²) in [5, 5.41) is 14.5. The lowest BCUT2D eigenvalue weighted by Crippen LogP contribution is -2.14. The summed E-state index contributed by atoms with van der Waals surface area (Å²) in [6, 6.07) is 3.80. The first-order valence-electron chi connectivity index (χ1n) is 5.66. The Bertz CT molecular complexity index is 776. The van der Waals surface area contributed by atoms with Crippen LogP contribution >= 0.6 is 34.7 Å². The van der Waals surface area contributed by atoms with Crippen molar-refractivity contribution >= 4 is 51.3 Å². The Hall–Kier alpha value is -1.71. The molecule has 1 amide bonds. The summed E-state index contributed by atoms with van der Waals surface area (Å²) in [4.78, 5) is 12.5. The van der Waals surface area contributed by atoms with Crippen LogP contribution in [0.2, 0.25) is 5.02 Å². The molecule has 6 nitrogen and oxygen atoms in total. The van der Waals surface area contributed by atoms with Crippen molar-refractivity contribution in [2.75, 3.05) is 11.1 Å². The SMILES string of the molecule is O=C(CSc1nn2cnnc2s1)Nc1ccc(F)cc1Cl. The molecule has 21 heavy (non-hydrogen) atoms. The topological polar surface area (TPSA) is 72.2 Å². The van der Waals surface area contributed by atoms with Crippen molar-refractivity contribution < 1.29 is 9.18 Å². The molecule has 2 aromatic heterocycles. The summed E-state index contributed by atoms with van der Waals surface area (Å²) in [5.41, 5.74) is 0.377. The molecular weight excluding hydrogens is 337 g/mol. The molecule has 108 valence electrons. The second-order valence-electron chi connectivity index (χ2n) is 3.89. The number of fused-ring (bicyclic) bond motifs is 1. The van der Waals surface area contributed by atoms with Gasteiger partial charge in [-0.05, 0) is 18.2 Å². The van der Waals surface area contributed by atoms with Crippen LogP contribution in [-0.2, 0) is 4.79 Å². The van der Waals surface area contributed by atoms with Crippen molar-refractivity contribution in [1.82, 2.24) is 19.8 Å². The minimum absolute atomic E-state index is 0.159. The molecule has 0 radical (unpaired) electrons. The molecule has 3 rings (SSSR count). The van der Waals surface area contributed by atoms with Crippen molar-refractivity contribution in [2.45, 2.75) is 4.34 Å². The van der Waals surface area contributed by atoms with Crippen LogP contribution in [0.15, 0.2) is 28.9 Å². The number of nitrogens with one attached hydrogen (secondary N) is 1. The van der Waals surface area contributed by atoms with E-state index in [0.717, 1.165) is 6.07 Å². The number of hydrogen-bond donors (Lipinski definition) is 1. The van der Waals surface area contributed by atoms with E-state index in [1.807, 2.05) is 0 Å². The Labute approximate surface area is 131 Å². The Balaban J connectivity index is 1.60. The first-order chi connectivity index (χ1) is 10.1. The highest BCUT2D eigenvalue weighted by Gasteiger charge is 2.10. The number of nitrogens with zero attached hydrogens (tertiary/aromatic N) is 4. The number of aromatic nitrogens is 4. The van der Waals surface area contributed by atoms with E-state index in [2.05, 4.69) is 20.6 Å². The maximum absolute atomic E-state index is 12.9. The van der Waals surface area contributed by atoms with E-state index in [4.69, 9.17) is 11.6 Å². The first-order valence-corrected chi connectivity index (χ1v) is 7.84. The summed E-state index contributed by atoms with van der Waals surface area (Å²) in [6.45, 7) is 0. The van der Waals surface area contributed by atoms with Gasteiger partial charge in [-0.25, -0.2) is 4.39 Å². The van der Waals surface area contributed by atoms with Crippen molar-refractivity contribution in [3.05, 3.63) is 35.4 Å². The third-order valence-electron chi connectivity index (χ3n) is 2.40. The van der Waals surface area contributed by atoms with Gasteiger partial charge in [0.15, 0.2) is 4.34 Å². The van der Waals surface area contributed by atoms with Crippen molar-refractivity contribution in [3.8, 4) is 0 Å². The molecular formula is C11H7ClFN5OS2. The number of amides is 1. The third-order valence-corrected chi connectivity index (χ3v) is 4.76. The molecule has 2 heterocycles. The summed E-state index contributed by atoms with van der Waals surface area (Å²) < 4.78 is 15.2. The van der Waals surface area contributed by atoms with E-state index < -0.39 is 5.82 Å². The molecule has 0 bridgehead atoms. The van der Waals surface area contributed by atoms with E-state index >= 15 is 0 Å². The monoisotopic (exact) mass is 343 g/mol. The number of hydrogen-bond acceptors (Lipinski definition) is 6. The second-order valence-corrected chi connectivity index (χ2v) is 6.47. The number of rotatable bonds is 4. The van der Waals surface area contributed by atoms with Gasteiger partial charge in [0.25, 0.3) is 0 Å². The van der Waals surface area contributed by atoms with E-state index in [-0.39, 0.29) is 16.7 Å². The summed E-state index contributed by atoms with van der Waals surface area (Å²) in [7, 11) is 0. The summed E-state index contributed by atoms with van der Waals surface area (Å²) >= 11 is 8.46. The predicted octanol–water partition coefficient (Wildman–Crippen LogP) is 2.71. The standard InChI is InChI=1S/C11H7ClFN5OS2/c12-7-3-6(13)1-2-8(7)15-9(19)4-20-11-17-18-5-14-16-10(18)21-11/h1-3,5H,4H2,(H,15,19). The van der Waals surface area contributed by atoms with Crippen LogP contribution in [-0.4, -0.2) is 31.5 Å². The second kappa shape index (κ2) is 5.96. The predicted molar refractivity (Wildman–Crippen MR) is 79.4 cm³/mol. The first kappa shape index (κ1) is 14.2. The average Bonchev–Trinajstić information content (AvgIpc) is 3.00. The molecule has 0 aliphatic carbocycles. The van der Waals surface area contributed by atoms with Crippen LogP contribution in [0.4, 0.5) is 10.1 Å². The quantitative estimate of drug-likeness (QED) is 0.737. The smallest absolute Gasteiger partial charge is 0.235 e. The highest BCUT2D eigenvalue weighted by atomic mass is 35.5. The number of carbonyl (C=O) groups is 1. The minimum atomic E-state index is -0.452. The molecule has 0 saturated heterocycles. The van der Waals surface area contributed by atoms with Crippen LogP contribution < -0.4 is 5.32 Å². The van der Waals surface area contributed by atoms with Crippen molar-refractivity contribution in [1.29, 1.82) is 0 Å². The van der Waals surface area contributed by atoms with Crippen molar-refractivity contribution in [3.63, 3.8) is 0 Å². The van der Waals surface area contributed by atoms with Crippen LogP contribution in [0.5, 0.6) is 0 Å². The average molecular weight is 344 g/mol. The molecule has 0 spiro atoms. The van der Waals surface area contributed by atoms with Gasteiger partial charge in [0, 0.05) is 0 Å². The fourth-order valence-electron chi connectivity index (χ4n) is 1.50. The van der Waals surface area contributed by atoms with Crippen LogP contribution in [0, 0.1) is 5.82 Å². The number of anilines is 1. The lowest BCUT2D eigenvalue weighted by Gasteiger charge is -2.06. The van der Waals surface area contributed by atoms with Gasteiger partial charge >= 0.3 is 0 Å². The summed E-state index contributed by atoms with van der Waals surface area (Å²) in [6.07, 6.45) is 1.49. The molecule has 1 N–H and O–H groups in total. The normalized spacial score (nSPS) is 11.0. The van der Waals surface area contributed by atoms with Gasteiger partial charge in [0.05, 0.1) is 16.5 Å². The van der Waals surface area contributed by atoms with Gasteiger partial charge in [0.2, 0.25) is 10.9 Å². The molecule has 0 aliphatic rings. The molecule has 1 aromatic carbocycles. The summed E-state index contributed by atoms with van der Waals surface area (Å²) in [5.74, 6) is -0.538. The van der Waals surface area contributed by atoms with E-state index in [1.54, 1.807) is 4.52 Å². The molecule has 0 saturated carbocycles. The zero-order valence-electron chi connectivity index (χ0n) is 10.3. The van der Waals surface area contributed by atoms with E-state index in [0.29, 0.717) is 15.0 Å². The zero-order valence-corrected chi connectivity index (χ0v) is 12.7. The Morgan fingerprint density at radius 3 is 3.14 bits per heavy atom. The fourth-order valence-corrected chi connectivity index (χ4v) is 3.38. The number of carbonyl (C=O) groups excluding carboxylic acids is 1. The van der Waals surface area contributed by atoms with Gasteiger partial charge in [0.1, 0.15) is 12.1 Å². The lowest BCUT2D eigenvalue weighted by atomic mass is 10.3. The van der Waals surface area contributed by atoms with E-state index in [1.165, 1.54) is 41.6 Å². The van der Waals surface area contributed by atoms with Crippen LogP contribution in [0.3, 0.4) is 0 Å². The Kier molecular flexibility index (Phi) is 4.04. The lowest BCUT2D eigenvalue weighted by molar-refractivity contribution is -0.113. The largest absolute Gasteiger partial charge is 0.324 e. The Morgan fingerprint density at radius 1 is 1.52 bits per heavy atom. The fraction of sp³-hybridized carbons (Fsp3) is 0.0909.